The number of anilines is 1. The Morgan fingerprint density at radius 1 is 1.35 bits per heavy atom. The van der Waals surface area contributed by atoms with E-state index in [1.165, 1.54) is 12.1 Å². The summed E-state index contributed by atoms with van der Waals surface area (Å²) >= 11 is 0. The number of aliphatic hydroxyl groups excluding tert-OH is 1. The smallest absolute Gasteiger partial charge is 0.299 e. The van der Waals surface area contributed by atoms with E-state index in [1.807, 2.05) is 0 Å². The van der Waals surface area contributed by atoms with Gasteiger partial charge in [0.2, 0.25) is 0 Å². The van der Waals surface area contributed by atoms with Crippen molar-refractivity contribution in [1.82, 2.24) is 4.72 Å². The quantitative estimate of drug-likeness (QED) is 0.734. The number of nitrogens with one attached hydrogen (secondary N) is 2. The van der Waals surface area contributed by atoms with Gasteiger partial charge in [-0.05, 0) is 39.0 Å². The predicted octanol–water partition coefficient (Wildman–Crippen LogP) is 1.21. The van der Waals surface area contributed by atoms with E-state index in [9.17, 15) is 12.8 Å². The first-order valence-corrected chi connectivity index (χ1v) is 7.32. The van der Waals surface area contributed by atoms with Crippen LogP contribution >= 0.6 is 0 Å². The summed E-state index contributed by atoms with van der Waals surface area (Å²) in [5, 5.41) is 8.58. The highest BCUT2D eigenvalue weighted by molar-refractivity contribution is 7.90. The van der Waals surface area contributed by atoms with Crippen LogP contribution in [-0.2, 0) is 10.2 Å². The lowest BCUT2D eigenvalue weighted by Crippen LogP contribution is -2.43. The number of hydrogen-bond donors (Lipinski definition) is 3. The molecule has 0 fully saturated rings. The van der Waals surface area contributed by atoms with Crippen molar-refractivity contribution in [2.45, 2.75) is 26.3 Å². The first-order chi connectivity index (χ1) is 9.13. The Morgan fingerprint density at radius 2 is 2.00 bits per heavy atom. The highest BCUT2D eigenvalue weighted by Gasteiger charge is 2.19. The molecule has 7 heteroatoms. The van der Waals surface area contributed by atoms with Gasteiger partial charge in [-0.3, -0.25) is 4.72 Å². The zero-order valence-corrected chi connectivity index (χ0v) is 12.3. The van der Waals surface area contributed by atoms with Crippen LogP contribution in [0, 0.1) is 17.7 Å². The van der Waals surface area contributed by atoms with Crippen LogP contribution < -0.4 is 9.44 Å². The van der Waals surface area contributed by atoms with Crippen molar-refractivity contribution >= 4 is 15.9 Å². The minimum absolute atomic E-state index is 0.00927. The van der Waals surface area contributed by atoms with E-state index < -0.39 is 28.2 Å². The van der Waals surface area contributed by atoms with E-state index in [0.717, 1.165) is 6.07 Å². The summed E-state index contributed by atoms with van der Waals surface area (Å²) in [7, 11) is -3.76. The van der Waals surface area contributed by atoms with Crippen LogP contribution in [0.3, 0.4) is 0 Å². The third kappa shape index (κ3) is 5.57. The summed E-state index contributed by atoms with van der Waals surface area (Å²) in [6.07, 6.45) is 0. The summed E-state index contributed by atoms with van der Waals surface area (Å²) < 4.78 is 41.8. The summed E-state index contributed by atoms with van der Waals surface area (Å²) in [4.78, 5) is 0. The highest BCUT2D eigenvalue weighted by atomic mass is 32.2. The maximum absolute atomic E-state index is 13.4. The van der Waals surface area contributed by atoms with Crippen LogP contribution in [0.2, 0.25) is 0 Å². The molecule has 0 amide bonds. The van der Waals surface area contributed by atoms with Crippen LogP contribution in [-0.4, -0.2) is 25.7 Å². The van der Waals surface area contributed by atoms with Crippen molar-refractivity contribution in [2.75, 3.05) is 11.3 Å². The van der Waals surface area contributed by atoms with E-state index in [4.69, 9.17) is 5.11 Å². The summed E-state index contributed by atoms with van der Waals surface area (Å²) in [5.74, 6) is 4.13. The normalized spacial score (nSPS) is 11.7. The number of benzene rings is 1. The molecule has 0 saturated carbocycles. The van der Waals surface area contributed by atoms with Crippen LogP contribution in [0.15, 0.2) is 18.2 Å². The minimum atomic E-state index is -3.76. The Morgan fingerprint density at radius 3 is 2.55 bits per heavy atom. The molecule has 0 aliphatic carbocycles. The lowest BCUT2D eigenvalue weighted by molar-refractivity contribution is 0.350. The topological polar surface area (TPSA) is 78.4 Å². The van der Waals surface area contributed by atoms with Gasteiger partial charge in [0.15, 0.2) is 0 Å². The molecule has 0 unspecified atom stereocenters. The van der Waals surface area contributed by atoms with E-state index in [0.29, 0.717) is 0 Å². The SMILES string of the molecule is CC(C)(C)NS(=O)(=O)Nc1ccc(F)c(C#CCO)c1. The van der Waals surface area contributed by atoms with Crippen molar-refractivity contribution < 1.29 is 17.9 Å². The van der Waals surface area contributed by atoms with Crippen LogP contribution in [0.5, 0.6) is 0 Å². The molecule has 0 aliphatic rings. The number of aliphatic hydroxyl groups is 1. The Labute approximate surface area is 118 Å². The van der Waals surface area contributed by atoms with Gasteiger partial charge in [0.1, 0.15) is 12.4 Å². The van der Waals surface area contributed by atoms with E-state index in [-0.39, 0.29) is 11.3 Å². The Balaban J connectivity index is 2.99. The molecule has 5 nitrogen and oxygen atoms in total. The van der Waals surface area contributed by atoms with Crippen LogP contribution in [0.1, 0.15) is 26.3 Å². The van der Waals surface area contributed by atoms with Crippen molar-refractivity contribution in [3.05, 3.63) is 29.6 Å². The third-order valence-corrected chi connectivity index (χ3v) is 3.35. The van der Waals surface area contributed by atoms with Gasteiger partial charge in [-0.2, -0.15) is 13.1 Å². The lowest BCUT2D eigenvalue weighted by Gasteiger charge is -2.20. The number of halogens is 1. The average Bonchev–Trinajstić information content (AvgIpc) is 2.26. The fraction of sp³-hybridized carbons (Fsp3) is 0.385. The molecule has 0 aliphatic heterocycles. The molecule has 0 spiro atoms. The second-order valence-corrected chi connectivity index (χ2v) is 6.53. The molecule has 0 heterocycles. The predicted molar refractivity (Wildman–Crippen MR) is 75.8 cm³/mol. The summed E-state index contributed by atoms with van der Waals surface area (Å²) in [6.45, 7) is 4.71. The molecule has 1 aromatic carbocycles. The second kappa shape index (κ2) is 6.22. The molecule has 0 radical (unpaired) electrons. The van der Waals surface area contributed by atoms with Crippen molar-refractivity contribution in [3.8, 4) is 11.8 Å². The van der Waals surface area contributed by atoms with Gasteiger partial charge in [0.25, 0.3) is 10.2 Å². The number of hydrogen-bond acceptors (Lipinski definition) is 3. The molecule has 0 atom stereocenters. The minimum Gasteiger partial charge on any atom is -0.384 e. The van der Waals surface area contributed by atoms with Crippen LogP contribution in [0.25, 0.3) is 0 Å². The molecule has 1 aromatic rings. The van der Waals surface area contributed by atoms with Crippen molar-refractivity contribution in [1.29, 1.82) is 0 Å². The molecule has 0 bridgehead atoms. The maximum Gasteiger partial charge on any atom is 0.299 e. The Kier molecular flexibility index (Phi) is 5.11. The molecule has 20 heavy (non-hydrogen) atoms. The molecular formula is C13H17FN2O3S. The first kappa shape index (κ1) is 16.4. The highest BCUT2D eigenvalue weighted by Crippen LogP contribution is 2.15. The summed E-state index contributed by atoms with van der Waals surface area (Å²) in [6, 6.07) is 3.66. The monoisotopic (exact) mass is 300 g/mol. The standard InChI is InChI=1S/C13H17FN2O3S/c1-13(2,3)16-20(18,19)15-11-6-7-12(14)10(9-11)5-4-8-17/h6-7,9,15-17H,8H2,1-3H3. The van der Waals surface area contributed by atoms with Gasteiger partial charge in [-0.25, -0.2) is 4.39 Å². The van der Waals surface area contributed by atoms with E-state index in [1.54, 1.807) is 20.8 Å². The fourth-order valence-corrected chi connectivity index (χ4v) is 2.70. The molecule has 1 rings (SSSR count). The molecule has 110 valence electrons. The zero-order valence-electron chi connectivity index (χ0n) is 11.5. The van der Waals surface area contributed by atoms with Gasteiger partial charge < -0.3 is 5.11 Å². The van der Waals surface area contributed by atoms with Crippen LogP contribution in [0.4, 0.5) is 10.1 Å². The van der Waals surface area contributed by atoms with E-state index in [2.05, 4.69) is 21.3 Å². The van der Waals surface area contributed by atoms with Crippen molar-refractivity contribution in [3.63, 3.8) is 0 Å². The molecule has 0 aromatic heterocycles. The Bertz CT molecular complexity index is 640. The second-order valence-electron chi connectivity index (χ2n) is 5.11. The fourth-order valence-electron chi connectivity index (χ4n) is 1.40. The third-order valence-electron chi connectivity index (χ3n) is 1.96. The first-order valence-electron chi connectivity index (χ1n) is 5.84. The Hall–Kier alpha value is -1.62. The van der Waals surface area contributed by atoms with Gasteiger partial charge in [0, 0.05) is 5.54 Å². The molecular weight excluding hydrogens is 283 g/mol. The van der Waals surface area contributed by atoms with Gasteiger partial charge in [-0.1, -0.05) is 11.8 Å². The molecule has 0 saturated heterocycles. The van der Waals surface area contributed by atoms with Gasteiger partial charge in [0.05, 0.1) is 11.3 Å². The van der Waals surface area contributed by atoms with Crippen molar-refractivity contribution in [2.24, 2.45) is 0 Å². The van der Waals surface area contributed by atoms with Gasteiger partial charge >= 0.3 is 0 Å². The molecule has 3 N–H and O–H groups in total. The zero-order chi connectivity index (χ0) is 15.4. The van der Waals surface area contributed by atoms with Gasteiger partial charge in [-0.15, -0.1) is 0 Å². The number of rotatable bonds is 3. The maximum atomic E-state index is 13.4. The van der Waals surface area contributed by atoms with E-state index >= 15 is 0 Å². The average molecular weight is 300 g/mol. The lowest BCUT2D eigenvalue weighted by atomic mass is 10.1. The largest absolute Gasteiger partial charge is 0.384 e. The summed E-state index contributed by atoms with van der Waals surface area (Å²) in [5.41, 5.74) is -0.439.